The standard InChI is InChI=1S/C16H15F3N2/c1-11-5-8-15(20-13-6-7-13)21(10-11)14-4-2-3-12(9-14)16(17,18)19/h2-5,8-10,13H,6-7H2,1H3/b20-15+. The second kappa shape index (κ2) is 5.06. The van der Waals surface area contributed by atoms with E-state index in [0.717, 1.165) is 30.5 Å². The lowest BCUT2D eigenvalue weighted by Gasteiger charge is -2.12. The van der Waals surface area contributed by atoms with Crippen LogP contribution >= 0.6 is 0 Å². The van der Waals surface area contributed by atoms with Gasteiger partial charge in [-0.25, -0.2) is 0 Å². The van der Waals surface area contributed by atoms with Gasteiger partial charge in [-0.15, -0.1) is 0 Å². The van der Waals surface area contributed by atoms with Crippen LogP contribution in [0, 0.1) is 6.92 Å². The van der Waals surface area contributed by atoms with Gasteiger partial charge in [0.25, 0.3) is 0 Å². The lowest BCUT2D eigenvalue weighted by Crippen LogP contribution is -2.20. The first-order valence-electron chi connectivity index (χ1n) is 6.84. The summed E-state index contributed by atoms with van der Waals surface area (Å²) in [5.74, 6) is 0. The summed E-state index contributed by atoms with van der Waals surface area (Å²) in [5.41, 5.74) is 1.50. The van der Waals surface area contributed by atoms with Crippen molar-refractivity contribution in [2.75, 3.05) is 0 Å². The third-order valence-electron chi connectivity index (χ3n) is 3.39. The van der Waals surface area contributed by atoms with Gasteiger partial charge in [-0.1, -0.05) is 12.1 Å². The van der Waals surface area contributed by atoms with Gasteiger partial charge in [0.2, 0.25) is 0 Å². The zero-order valence-electron chi connectivity index (χ0n) is 11.6. The van der Waals surface area contributed by atoms with Crippen LogP contribution in [0.4, 0.5) is 13.2 Å². The molecule has 0 radical (unpaired) electrons. The molecule has 1 aliphatic rings. The average Bonchev–Trinajstić information content (AvgIpc) is 3.24. The second-order valence-corrected chi connectivity index (χ2v) is 5.34. The smallest absolute Gasteiger partial charge is 0.302 e. The Balaban J connectivity index is 2.14. The van der Waals surface area contributed by atoms with Crippen molar-refractivity contribution in [2.24, 2.45) is 4.99 Å². The molecule has 1 aliphatic carbocycles. The molecule has 0 saturated heterocycles. The molecule has 1 heterocycles. The van der Waals surface area contributed by atoms with E-state index in [0.29, 0.717) is 17.2 Å². The molecule has 1 fully saturated rings. The van der Waals surface area contributed by atoms with Crippen LogP contribution < -0.4 is 5.49 Å². The van der Waals surface area contributed by atoms with Crippen LogP contribution in [0.3, 0.4) is 0 Å². The zero-order valence-corrected chi connectivity index (χ0v) is 11.6. The fourth-order valence-electron chi connectivity index (χ4n) is 2.13. The minimum Gasteiger partial charge on any atom is -0.302 e. The minimum atomic E-state index is -4.34. The Morgan fingerprint density at radius 3 is 2.57 bits per heavy atom. The van der Waals surface area contributed by atoms with E-state index in [1.165, 1.54) is 6.07 Å². The Morgan fingerprint density at radius 2 is 1.90 bits per heavy atom. The third-order valence-corrected chi connectivity index (χ3v) is 3.39. The largest absolute Gasteiger partial charge is 0.416 e. The molecule has 0 bridgehead atoms. The highest BCUT2D eigenvalue weighted by atomic mass is 19.4. The maximum Gasteiger partial charge on any atom is 0.416 e. The van der Waals surface area contributed by atoms with Crippen molar-refractivity contribution < 1.29 is 13.2 Å². The maximum atomic E-state index is 12.9. The molecule has 0 unspecified atom stereocenters. The SMILES string of the molecule is Cc1cc/c(=N\C2CC2)n(-c2cccc(C(F)(F)F)c2)c1. The Morgan fingerprint density at radius 1 is 1.14 bits per heavy atom. The molecule has 0 N–H and O–H groups in total. The molecular weight excluding hydrogens is 277 g/mol. The maximum absolute atomic E-state index is 12.9. The summed E-state index contributed by atoms with van der Waals surface area (Å²) < 4.78 is 40.3. The van der Waals surface area contributed by atoms with Crippen LogP contribution in [0.2, 0.25) is 0 Å². The molecule has 0 aliphatic heterocycles. The predicted molar refractivity (Wildman–Crippen MR) is 74.1 cm³/mol. The first-order chi connectivity index (χ1) is 9.93. The lowest BCUT2D eigenvalue weighted by molar-refractivity contribution is -0.137. The molecule has 0 atom stereocenters. The molecule has 2 nitrogen and oxygen atoms in total. The molecule has 1 saturated carbocycles. The number of aromatic nitrogens is 1. The van der Waals surface area contributed by atoms with Crippen molar-refractivity contribution in [3.05, 3.63) is 59.2 Å². The van der Waals surface area contributed by atoms with E-state index in [9.17, 15) is 13.2 Å². The number of alkyl halides is 3. The second-order valence-electron chi connectivity index (χ2n) is 5.34. The van der Waals surface area contributed by atoms with E-state index in [1.807, 2.05) is 25.3 Å². The molecule has 0 amide bonds. The lowest BCUT2D eigenvalue weighted by atomic mass is 10.2. The molecule has 110 valence electrons. The molecular formula is C16H15F3N2. The summed E-state index contributed by atoms with van der Waals surface area (Å²) in [5, 5.41) is 0. The first kappa shape index (κ1) is 13.9. The van der Waals surface area contributed by atoms with Gasteiger partial charge in [-0.3, -0.25) is 4.99 Å². The van der Waals surface area contributed by atoms with Gasteiger partial charge in [0.15, 0.2) is 0 Å². The summed E-state index contributed by atoms with van der Waals surface area (Å²) in [6, 6.07) is 9.42. The predicted octanol–water partition coefficient (Wildman–Crippen LogP) is 3.87. The molecule has 2 aromatic rings. The summed E-state index contributed by atoms with van der Waals surface area (Å²) in [4.78, 5) is 4.56. The Bertz CT molecular complexity index is 725. The van der Waals surface area contributed by atoms with E-state index < -0.39 is 11.7 Å². The fourth-order valence-corrected chi connectivity index (χ4v) is 2.13. The Kier molecular flexibility index (Phi) is 3.35. The topological polar surface area (TPSA) is 17.3 Å². The van der Waals surface area contributed by atoms with Gasteiger partial charge in [-0.05, 0) is 49.6 Å². The van der Waals surface area contributed by atoms with E-state index in [1.54, 1.807) is 10.6 Å². The molecule has 1 aromatic carbocycles. The van der Waals surface area contributed by atoms with Gasteiger partial charge >= 0.3 is 6.18 Å². The van der Waals surface area contributed by atoms with Crippen molar-refractivity contribution in [2.45, 2.75) is 32.0 Å². The monoisotopic (exact) mass is 292 g/mol. The van der Waals surface area contributed by atoms with Crippen LogP contribution in [0.15, 0.2) is 47.6 Å². The molecule has 0 spiro atoms. The Labute approximate surface area is 120 Å². The first-order valence-corrected chi connectivity index (χ1v) is 6.84. The van der Waals surface area contributed by atoms with Gasteiger partial charge in [-0.2, -0.15) is 13.2 Å². The van der Waals surface area contributed by atoms with Crippen molar-refractivity contribution in [3.63, 3.8) is 0 Å². The van der Waals surface area contributed by atoms with Gasteiger partial charge < -0.3 is 4.57 Å². The molecule has 5 heteroatoms. The fraction of sp³-hybridized carbons (Fsp3) is 0.312. The molecule has 21 heavy (non-hydrogen) atoms. The van der Waals surface area contributed by atoms with E-state index in [2.05, 4.69) is 4.99 Å². The quantitative estimate of drug-likeness (QED) is 0.799. The highest BCUT2D eigenvalue weighted by Gasteiger charge is 2.30. The number of nitrogens with zero attached hydrogens (tertiary/aromatic N) is 2. The van der Waals surface area contributed by atoms with Gasteiger partial charge in [0, 0.05) is 11.9 Å². The van der Waals surface area contributed by atoms with E-state index in [-0.39, 0.29) is 0 Å². The summed E-state index contributed by atoms with van der Waals surface area (Å²) in [6.45, 7) is 1.91. The van der Waals surface area contributed by atoms with Crippen molar-refractivity contribution in [1.29, 1.82) is 0 Å². The number of pyridine rings is 1. The van der Waals surface area contributed by atoms with Crippen LogP contribution in [0.25, 0.3) is 5.69 Å². The van der Waals surface area contributed by atoms with Crippen molar-refractivity contribution in [1.82, 2.24) is 4.57 Å². The Hall–Kier alpha value is -2.04. The van der Waals surface area contributed by atoms with E-state index >= 15 is 0 Å². The van der Waals surface area contributed by atoms with Crippen LogP contribution in [0.5, 0.6) is 0 Å². The van der Waals surface area contributed by atoms with Crippen molar-refractivity contribution >= 4 is 0 Å². The van der Waals surface area contributed by atoms with Crippen LogP contribution in [-0.4, -0.2) is 10.6 Å². The summed E-state index contributed by atoms with van der Waals surface area (Å²) >= 11 is 0. The third kappa shape index (κ3) is 3.17. The minimum absolute atomic E-state index is 0.310. The number of hydrogen-bond donors (Lipinski definition) is 0. The number of halogens is 3. The number of hydrogen-bond acceptors (Lipinski definition) is 1. The van der Waals surface area contributed by atoms with E-state index in [4.69, 9.17) is 0 Å². The summed E-state index contributed by atoms with van der Waals surface area (Å²) in [7, 11) is 0. The normalized spacial score (nSPS) is 16.3. The van der Waals surface area contributed by atoms with Crippen molar-refractivity contribution in [3.8, 4) is 5.69 Å². The van der Waals surface area contributed by atoms with Gasteiger partial charge in [0.1, 0.15) is 5.49 Å². The van der Waals surface area contributed by atoms with Crippen LogP contribution in [-0.2, 0) is 6.18 Å². The highest BCUT2D eigenvalue weighted by Crippen LogP contribution is 2.30. The highest BCUT2D eigenvalue weighted by molar-refractivity contribution is 5.37. The number of rotatable bonds is 2. The average molecular weight is 292 g/mol. The van der Waals surface area contributed by atoms with Crippen LogP contribution in [0.1, 0.15) is 24.0 Å². The summed E-state index contributed by atoms with van der Waals surface area (Å²) in [6.07, 6.45) is -0.419. The number of aryl methyl sites for hydroxylation is 1. The van der Waals surface area contributed by atoms with Gasteiger partial charge in [0.05, 0.1) is 11.6 Å². The molecule has 3 rings (SSSR count). The number of benzene rings is 1. The molecule has 1 aromatic heterocycles. The zero-order chi connectivity index (χ0) is 15.0.